The Morgan fingerprint density at radius 2 is 1.85 bits per heavy atom. The number of carbonyl (C=O) groups excluding carboxylic acids is 1. The summed E-state index contributed by atoms with van der Waals surface area (Å²) in [4.78, 5) is 14.4. The number of carbonyl (C=O) groups is 1. The van der Waals surface area contributed by atoms with E-state index in [2.05, 4.69) is 31.0 Å². The van der Waals surface area contributed by atoms with Crippen LogP contribution in [0.2, 0.25) is 0 Å². The van der Waals surface area contributed by atoms with Crippen LogP contribution in [0.5, 0.6) is 0 Å². The summed E-state index contributed by atoms with van der Waals surface area (Å²) in [7, 11) is 1.99. The van der Waals surface area contributed by atoms with Crippen LogP contribution in [-0.4, -0.2) is 29.9 Å². The SMILES string of the molecule is CC(C)CC(C)N(C)C(C)C(=O)Nc1ccccc1N. The zero-order chi connectivity index (χ0) is 15.3. The molecule has 0 spiro atoms. The second-order valence-electron chi connectivity index (χ2n) is 5.90. The fraction of sp³-hybridized carbons (Fsp3) is 0.562. The second-order valence-corrected chi connectivity index (χ2v) is 5.90. The fourth-order valence-corrected chi connectivity index (χ4v) is 2.26. The molecule has 0 aliphatic heterocycles. The number of benzene rings is 1. The molecule has 1 amide bonds. The highest BCUT2D eigenvalue weighted by atomic mass is 16.2. The Morgan fingerprint density at radius 1 is 1.25 bits per heavy atom. The standard InChI is InChI=1S/C16H27N3O/c1-11(2)10-12(3)19(5)13(4)16(20)18-15-9-7-6-8-14(15)17/h6-9,11-13H,10,17H2,1-5H3,(H,18,20). The Bertz CT molecular complexity index is 445. The van der Waals surface area contributed by atoms with Crippen LogP contribution in [0.1, 0.15) is 34.1 Å². The molecule has 0 aliphatic rings. The first-order valence-electron chi connectivity index (χ1n) is 7.20. The molecule has 1 rings (SSSR count). The molecule has 1 aromatic rings. The molecule has 0 bridgehead atoms. The van der Waals surface area contributed by atoms with Crippen molar-refractivity contribution < 1.29 is 4.79 Å². The normalized spacial score (nSPS) is 14.3. The van der Waals surface area contributed by atoms with E-state index >= 15 is 0 Å². The molecule has 0 saturated carbocycles. The Balaban J connectivity index is 2.65. The van der Waals surface area contributed by atoms with Crippen LogP contribution < -0.4 is 11.1 Å². The van der Waals surface area contributed by atoms with E-state index in [1.807, 2.05) is 32.2 Å². The summed E-state index contributed by atoms with van der Waals surface area (Å²) in [5.74, 6) is 0.591. The summed E-state index contributed by atoms with van der Waals surface area (Å²) >= 11 is 0. The lowest BCUT2D eigenvalue weighted by Gasteiger charge is -2.31. The summed E-state index contributed by atoms with van der Waals surface area (Å²) < 4.78 is 0. The second kappa shape index (κ2) is 7.29. The van der Waals surface area contributed by atoms with Gasteiger partial charge in [-0.1, -0.05) is 26.0 Å². The molecule has 4 nitrogen and oxygen atoms in total. The van der Waals surface area contributed by atoms with E-state index in [0.717, 1.165) is 6.42 Å². The van der Waals surface area contributed by atoms with E-state index in [1.54, 1.807) is 6.07 Å². The molecule has 20 heavy (non-hydrogen) atoms. The van der Waals surface area contributed by atoms with Gasteiger partial charge in [-0.05, 0) is 45.4 Å². The maximum atomic E-state index is 12.3. The van der Waals surface area contributed by atoms with Crippen molar-refractivity contribution in [3.63, 3.8) is 0 Å². The van der Waals surface area contributed by atoms with E-state index in [0.29, 0.717) is 23.3 Å². The van der Waals surface area contributed by atoms with Crippen molar-refractivity contribution in [3.05, 3.63) is 24.3 Å². The van der Waals surface area contributed by atoms with Gasteiger partial charge in [0.15, 0.2) is 0 Å². The van der Waals surface area contributed by atoms with Crippen LogP contribution in [0.4, 0.5) is 11.4 Å². The topological polar surface area (TPSA) is 58.4 Å². The average Bonchev–Trinajstić information content (AvgIpc) is 2.38. The van der Waals surface area contributed by atoms with Gasteiger partial charge in [-0.3, -0.25) is 9.69 Å². The quantitative estimate of drug-likeness (QED) is 0.786. The molecular weight excluding hydrogens is 250 g/mol. The minimum Gasteiger partial charge on any atom is -0.397 e. The number of hydrogen-bond donors (Lipinski definition) is 2. The van der Waals surface area contributed by atoms with Crippen LogP contribution >= 0.6 is 0 Å². The number of amides is 1. The summed E-state index contributed by atoms with van der Waals surface area (Å²) in [6.45, 7) is 8.46. The average molecular weight is 277 g/mol. The third-order valence-corrected chi connectivity index (χ3v) is 3.72. The first kappa shape index (κ1) is 16.5. The van der Waals surface area contributed by atoms with Crippen LogP contribution in [-0.2, 0) is 4.79 Å². The molecule has 2 atom stereocenters. The lowest BCUT2D eigenvalue weighted by Crippen LogP contribution is -2.44. The largest absolute Gasteiger partial charge is 0.397 e. The predicted molar refractivity (Wildman–Crippen MR) is 85.6 cm³/mol. The highest BCUT2D eigenvalue weighted by molar-refractivity contribution is 5.97. The molecule has 3 N–H and O–H groups in total. The number of nitrogens with zero attached hydrogens (tertiary/aromatic N) is 1. The monoisotopic (exact) mass is 277 g/mol. The van der Waals surface area contributed by atoms with Gasteiger partial charge >= 0.3 is 0 Å². The number of hydrogen-bond acceptors (Lipinski definition) is 3. The van der Waals surface area contributed by atoms with Crippen molar-refractivity contribution in [2.24, 2.45) is 5.92 Å². The summed E-state index contributed by atoms with van der Waals surface area (Å²) in [5.41, 5.74) is 7.11. The molecule has 4 heteroatoms. The van der Waals surface area contributed by atoms with E-state index in [4.69, 9.17) is 5.73 Å². The van der Waals surface area contributed by atoms with Crippen LogP contribution in [0.3, 0.4) is 0 Å². The van der Waals surface area contributed by atoms with Gasteiger partial charge in [-0.25, -0.2) is 0 Å². The van der Waals surface area contributed by atoms with Gasteiger partial charge in [0.05, 0.1) is 17.4 Å². The third kappa shape index (κ3) is 4.53. The van der Waals surface area contributed by atoms with Gasteiger partial charge in [0.25, 0.3) is 0 Å². The van der Waals surface area contributed by atoms with Gasteiger partial charge < -0.3 is 11.1 Å². The molecule has 0 fully saturated rings. The van der Waals surface area contributed by atoms with Crippen LogP contribution in [0, 0.1) is 5.92 Å². The van der Waals surface area contributed by atoms with Crippen LogP contribution in [0.15, 0.2) is 24.3 Å². The molecule has 1 aromatic carbocycles. The maximum absolute atomic E-state index is 12.3. The van der Waals surface area contributed by atoms with Gasteiger partial charge in [-0.2, -0.15) is 0 Å². The number of nitrogen functional groups attached to an aromatic ring is 1. The van der Waals surface area contributed by atoms with Crippen molar-refractivity contribution >= 4 is 17.3 Å². The number of nitrogens with one attached hydrogen (secondary N) is 1. The number of para-hydroxylation sites is 2. The Kier molecular flexibility index (Phi) is 6.02. The molecule has 0 radical (unpaired) electrons. The first-order chi connectivity index (χ1) is 9.32. The van der Waals surface area contributed by atoms with E-state index < -0.39 is 0 Å². The van der Waals surface area contributed by atoms with E-state index in [-0.39, 0.29) is 11.9 Å². The smallest absolute Gasteiger partial charge is 0.241 e. The number of anilines is 2. The number of nitrogens with two attached hydrogens (primary N) is 1. The Hall–Kier alpha value is -1.55. The Morgan fingerprint density at radius 3 is 2.40 bits per heavy atom. The zero-order valence-electron chi connectivity index (χ0n) is 13.2. The summed E-state index contributed by atoms with van der Waals surface area (Å²) in [6.07, 6.45) is 1.07. The van der Waals surface area contributed by atoms with Gasteiger partial charge in [0, 0.05) is 6.04 Å². The van der Waals surface area contributed by atoms with Crippen LogP contribution in [0.25, 0.3) is 0 Å². The van der Waals surface area contributed by atoms with Crippen molar-refractivity contribution in [1.82, 2.24) is 4.90 Å². The Labute approximate surface area is 122 Å². The predicted octanol–water partition coefficient (Wildman–Crippen LogP) is 2.96. The van der Waals surface area contributed by atoms with E-state index in [1.165, 1.54) is 0 Å². The lowest BCUT2D eigenvalue weighted by atomic mass is 10.0. The fourth-order valence-electron chi connectivity index (χ4n) is 2.26. The summed E-state index contributed by atoms with van der Waals surface area (Å²) in [5, 5.41) is 2.89. The molecule has 0 aromatic heterocycles. The van der Waals surface area contributed by atoms with Gasteiger partial charge in [0.1, 0.15) is 0 Å². The minimum absolute atomic E-state index is 0.0268. The molecule has 0 saturated heterocycles. The highest BCUT2D eigenvalue weighted by Crippen LogP contribution is 2.18. The maximum Gasteiger partial charge on any atom is 0.241 e. The first-order valence-corrected chi connectivity index (χ1v) is 7.20. The zero-order valence-corrected chi connectivity index (χ0v) is 13.2. The van der Waals surface area contributed by atoms with E-state index in [9.17, 15) is 4.79 Å². The third-order valence-electron chi connectivity index (χ3n) is 3.72. The van der Waals surface area contributed by atoms with Gasteiger partial charge in [0.2, 0.25) is 5.91 Å². The number of likely N-dealkylation sites (N-methyl/N-ethyl adjacent to an activating group) is 1. The molecule has 0 aliphatic carbocycles. The highest BCUT2D eigenvalue weighted by Gasteiger charge is 2.23. The van der Waals surface area contributed by atoms with Crippen molar-refractivity contribution in [1.29, 1.82) is 0 Å². The number of rotatable bonds is 6. The molecule has 2 unspecified atom stereocenters. The molecular formula is C16H27N3O. The van der Waals surface area contributed by atoms with Crippen molar-refractivity contribution in [2.45, 2.75) is 46.2 Å². The van der Waals surface area contributed by atoms with Crippen molar-refractivity contribution in [2.75, 3.05) is 18.1 Å². The van der Waals surface area contributed by atoms with Gasteiger partial charge in [-0.15, -0.1) is 0 Å². The summed E-state index contributed by atoms with van der Waals surface area (Å²) in [6, 6.07) is 7.49. The minimum atomic E-state index is -0.191. The molecule has 112 valence electrons. The molecule has 0 heterocycles. The lowest BCUT2D eigenvalue weighted by molar-refractivity contribution is -0.121. The van der Waals surface area contributed by atoms with Crippen molar-refractivity contribution in [3.8, 4) is 0 Å².